The summed E-state index contributed by atoms with van der Waals surface area (Å²) in [5.74, 6) is 0.601. The van der Waals surface area contributed by atoms with Crippen LogP contribution in [-0.2, 0) is 27.1 Å². The van der Waals surface area contributed by atoms with E-state index in [1.165, 1.54) is 20.2 Å². The first-order chi connectivity index (χ1) is 13.2. The SMILES string of the molecule is Cc1nc(S(=O)(=O)N2CCCN(S(=O)(=O)/C=C/c3ccccc3)CC2)cn1C. The van der Waals surface area contributed by atoms with Gasteiger partial charge in [0.05, 0.1) is 0 Å². The summed E-state index contributed by atoms with van der Waals surface area (Å²) in [6.07, 6.45) is 3.45. The van der Waals surface area contributed by atoms with Crippen LogP contribution in [0.5, 0.6) is 0 Å². The molecule has 2 aromatic rings. The maximum atomic E-state index is 12.8. The Kier molecular flexibility index (Phi) is 6.04. The lowest BCUT2D eigenvalue weighted by Gasteiger charge is -2.19. The standard InChI is InChI=1S/C18H24N4O4S2/c1-16-19-18(15-20(16)2)28(25,26)22-11-6-10-21(12-13-22)27(23,24)14-9-17-7-4-3-5-8-17/h3-5,7-9,14-15H,6,10-13H2,1-2H3/b14-9+. The summed E-state index contributed by atoms with van der Waals surface area (Å²) in [6.45, 7) is 2.46. The third-order valence-corrected chi connectivity index (χ3v) is 8.03. The Hall–Kier alpha value is -2.01. The van der Waals surface area contributed by atoms with Crippen molar-refractivity contribution < 1.29 is 16.8 Å². The second-order valence-corrected chi connectivity index (χ2v) is 10.4. The summed E-state index contributed by atoms with van der Waals surface area (Å²) in [5.41, 5.74) is 0.788. The van der Waals surface area contributed by atoms with Crippen molar-refractivity contribution in [3.05, 3.63) is 53.3 Å². The van der Waals surface area contributed by atoms with E-state index in [0.717, 1.165) is 5.56 Å². The van der Waals surface area contributed by atoms with E-state index < -0.39 is 20.0 Å². The Morgan fingerprint density at radius 2 is 1.61 bits per heavy atom. The molecule has 0 radical (unpaired) electrons. The monoisotopic (exact) mass is 424 g/mol. The number of aryl methyl sites for hydroxylation is 2. The predicted molar refractivity (Wildman–Crippen MR) is 107 cm³/mol. The minimum absolute atomic E-state index is 0.00668. The molecule has 0 atom stereocenters. The molecule has 152 valence electrons. The molecule has 0 aliphatic carbocycles. The highest BCUT2D eigenvalue weighted by Gasteiger charge is 2.31. The largest absolute Gasteiger partial charge is 0.337 e. The maximum absolute atomic E-state index is 12.8. The van der Waals surface area contributed by atoms with E-state index in [0.29, 0.717) is 12.2 Å². The molecule has 1 aliphatic heterocycles. The van der Waals surface area contributed by atoms with Crippen LogP contribution in [0.3, 0.4) is 0 Å². The molecule has 8 nitrogen and oxygen atoms in total. The van der Waals surface area contributed by atoms with Crippen LogP contribution in [0.25, 0.3) is 6.08 Å². The smallest absolute Gasteiger partial charge is 0.262 e. The van der Waals surface area contributed by atoms with Crippen LogP contribution in [0, 0.1) is 6.92 Å². The van der Waals surface area contributed by atoms with E-state index in [1.54, 1.807) is 24.6 Å². The molecular weight excluding hydrogens is 400 g/mol. The molecule has 0 saturated carbocycles. The van der Waals surface area contributed by atoms with E-state index in [1.807, 2.05) is 30.3 Å². The summed E-state index contributed by atoms with van der Waals surface area (Å²) in [7, 11) is -5.65. The van der Waals surface area contributed by atoms with Gasteiger partial charge in [-0.15, -0.1) is 0 Å². The fourth-order valence-electron chi connectivity index (χ4n) is 2.96. The number of benzene rings is 1. The van der Waals surface area contributed by atoms with Crippen molar-refractivity contribution in [1.82, 2.24) is 18.2 Å². The molecule has 28 heavy (non-hydrogen) atoms. The molecule has 1 fully saturated rings. The molecule has 1 saturated heterocycles. The zero-order chi connectivity index (χ0) is 20.4. The van der Waals surface area contributed by atoms with Gasteiger partial charge in [-0.2, -0.15) is 8.61 Å². The molecule has 0 N–H and O–H groups in total. The minimum Gasteiger partial charge on any atom is -0.337 e. The highest BCUT2D eigenvalue weighted by molar-refractivity contribution is 7.92. The minimum atomic E-state index is -3.75. The molecule has 0 spiro atoms. The zero-order valence-electron chi connectivity index (χ0n) is 15.9. The van der Waals surface area contributed by atoms with Gasteiger partial charge in [0.2, 0.25) is 10.0 Å². The van der Waals surface area contributed by atoms with Crippen LogP contribution in [0.1, 0.15) is 17.8 Å². The number of rotatable bonds is 5. The summed E-state index contributed by atoms with van der Waals surface area (Å²) in [6, 6.07) is 9.16. The van der Waals surface area contributed by atoms with Crippen LogP contribution in [0.15, 0.2) is 47.0 Å². The van der Waals surface area contributed by atoms with Crippen LogP contribution < -0.4 is 0 Å². The van der Waals surface area contributed by atoms with Gasteiger partial charge in [-0.3, -0.25) is 0 Å². The molecule has 0 bridgehead atoms. The van der Waals surface area contributed by atoms with Gasteiger partial charge in [0, 0.05) is 44.8 Å². The van der Waals surface area contributed by atoms with Gasteiger partial charge in [-0.05, 0) is 25.0 Å². The normalized spacial score (nSPS) is 17.8. The van der Waals surface area contributed by atoms with E-state index in [4.69, 9.17) is 0 Å². The fraction of sp³-hybridized carbons (Fsp3) is 0.389. The summed E-state index contributed by atoms with van der Waals surface area (Å²) in [4.78, 5) is 4.11. The van der Waals surface area contributed by atoms with Crippen molar-refractivity contribution >= 4 is 26.1 Å². The van der Waals surface area contributed by atoms with Crippen molar-refractivity contribution in [2.75, 3.05) is 26.2 Å². The Morgan fingerprint density at radius 1 is 0.964 bits per heavy atom. The average Bonchev–Trinajstić information content (AvgIpc) is 2.88. The van der Waals surface area contributed by atoms with Gasteiger partial charge in [-0.1, -0.05) is 30.3 Å². The zero-order valence-corrected chi connectivity index (χ0v) is 17.5. The molecule has 2 heterocycles. The molecule has 1 aliphatic rings. The summed E-state index contributed by atoms with van der Waals surface area (Å²) in [5, 5.41) is 1.17. The topological polar surface area (TPSA) is 92.6 Å². The lowest BCUT2D eigenvalue weighted by molar-refractivity contribution is 0.406. The number of hydrogen-bond donors (Lipinski definition) is 0. The Labute approximate surface area is 166 Å². The lowest BCUT2D eigenvalue weighted by atomic mass is 10.2. The number of hydrogen-bond acceptors (Lipinski definition) is 5. The van der Waals surface area contributed by atoms with E-state index in [-0.39, 0.29) is 31.2 Å². The van der Waals surface area contributed by atoms with Crippen LogP contribution in [0.4, 0.5) is 0 Å². The van der Waals surface area contributed by atoms with Gasteiger partial charge >= 0.3 is 0 Å². The van der Waals surface area contributed by atoms with Crippen molar-refractivity contribution in [3.8, 4) is 0 Å². The predicted octanol–water partition coefficient (Wildman–Crippen LogP) is 1.43. The lowest BCUT2D eigenvalue weighted by Crippen LogP contribution is -2.36. The maximum Gasteiger partial charge on any atom is 0.262 e. The van der Waals surface area contributed by atoms with E-state index in [2.05, 4.69) is 4.98 Å². The van der Waals surface area contributed by atoms with Gasteiger partial charge in [-0.25, -0.2) is 21.8 Å². The van der Waals surface area contributed by atoms with Gasteiger partial charge in [0.1, 0.15) is 5.82 Å². The Bertz CT molecular complexity index is 1040. The van der Waals surface area contributed by atoms with Gasteiger partial charge in [0.15, 0.2) is 5.03 Å². The summed E-state index contributed by atoms with van der Waals surface area (Å²) >= 11 is 0. The van der Waals surface area contributed by atoms with Crippen LogP contribution in [0.2, 0.25) is 0 Å². The van der Waals surface area contributed by atoms with Crippen LogP contribution >= 0.6 is 0 Å². The molecular formula is C18H24N4O4S2. The van der Waals surface area contributed by atoms with E-state index >= 15 is 0 Å². The first kappa shape index (κ1) is 20.7. The van der Waals surface area contributed by atoms with Crippen molar-refractivity contribution in [2.45, 2.75) is 18.4 Å². The molecule has 1 aromatic carbocycles. The fourth-order valence-corrected chi connectivity index (χ4v) is 5.68. The number of nitrogens with zero attached hydrogens (tertiary/aromatic N) is 4. The molecule has 3 rings (SSSR count). The second kappa shape index (κ2) is 8.16. The molecule has 1 aromatic heterocycles. The van der Waals surface area contributed by atoms with Crippen molar-refractivity contribution in [1.29, 1.82) is 0 Å². The van der Waals surface area contributed by atoms with Crippen molar-refractivity contribution in [2.24, 2.45) is 7.05 Å². The third kappa shape index (κ3) is 4.52. The quantitative estimate of drug-likeness (QED) is 0.724. The van der Waals surface area contributed by atoms with E-state index in [9.17, 15) is 16.8 Å². The van der Waals surface area contributed by atoms with Gasteiger partial charge in [0.25, 0.3) is 10.0 Å². The average molecular weight is 425 g/mol. The number of imidazole rings is 1. The third-order valence-electron chi connectivity index (χ3n) is 4.70. The molecule has 0 unspecified atom stereocenters. The van der Waals surface area contributed by atoms with Crippen LogP contribution in [-0.4, -0.2) is 61.2 Å². The molecule has 0 amide bonds. The molecule has 10 heteroatoms. The highest BCUT2D eigenvalue weighted by atomic mass is 32.2. The number of sulfonamides is 2. The Morgan fingerprint density at radius 3 is 2.25 bits per heavy atom. The number of aromatic nitrogens is 2. The highest BCUT2D eigenvalue weighted by Crippen LogP contribution is 2.19. The summed E-state index contributed by atoms with van der Waals surface area (Å²) < 4.78 is 55.2. The second-order valence-electron chi connectivity index (χ2n) is 6.65. The first-order valence-corrected chi connectivity index (χ1v) is 11.9. The first-order valence-electron chi connectivity index (χ1n) is 8.93. The Balaban J connectivity index is 1.73. The van der Waals surface area contributed by atoms with Crippen molar-refractivity contribution in [3.63, 3.8) is 0 Å². The van der Waals surface area contributed by atoms with Gasteiger partial charge < -0.3 is 4.57 Å².